The topological polar surface area (TPSA) is 56.7 Å². The summed E-state index contributed by atoms with van der Waals surface area (Å²) >= 11 is 0. The van der Waals surface area contributed by atoms with E-state index in [0.717, 1.165) is 4.90 Å². The molecule has 5 nitrogen and oxygen atoms in total. The number of pyridine rings is 1. The zero-order valence-electron chi connectivity index (χ0n) is 10.6. The molecular formula is C12H16FN3O2. The van der Waals surface area contributed by atoms with Crippen molar-refractivity contribution in [2.75, 3.05) is 18.5 Å². The van der Waals surface area contributed by atoms with Crippen LogP contribution < -0.4 is 4.90 Å². The van der Waals surface area contributed by atoms with Crippen LogP contribution in [0.15, 0.2) is 18.3 Å². The second-order valence-corrected chi connectivity index (χ2v) is 4.89. The maximum absolute atomic E-state index is 13.9. The third-order valence-corrected chi connectivity index (χ3v) is 2.95. The molecule has 1 fully saturated rings. The van der Waals surface area contributed by atoms with Gasteiger partial charge in [0.25, 0.3) is 0 Å². The number of carbonyl (C=O) groups excluding carboxylic acids is 1. The van der Waals surface area contributed by atoms with Gasteiger partial charge in [0.05, 0.1) is 6.54 Å². The summed E-state index contributed by atoms with van der Waals surface area (Å²) in [5.74, 6) is 0.264. The van der Waals surface area contributed by atoms with E-state index in [0.29, 0.717) is 5.56 Å². The predicted octanol–water partition coefficient (Wildman–Crippen LogP) is 1.48. The maximum Gasteiger partial charge on any atom is 0.327 e. The van der Waals surface area contributed by atoms with Crippen LogP contribution in [0.4, 0.5) is 15.0 Å². The lowest BCUT2D eigenvalue weighted by Gasteiger charge is -2.21. The Kier molecular flexibility index (Phi) is 2.98. The molecule has 0 aromatic carbocycles. The number of hydrogen-bond acceptors (Lipinski definition) is 3. The van der Waals surface area contributed by atoms with Crippen molar-refractivity contribution in [1.82, 2.24) is 9.88 Å². The maximum atomic E-state index is 13.9. The first kappa shape index (κ1) is 12.8. The van der Waals surface area contributed by atoms with Crippen LogP contribution in [0, 0.1) is 0 Å². The molecule has 1 saturated heterocycles. The van der Waals surface area contributed by atoms with Gasteiger partial charge in [-0.25, -0.2) is 19.1 Å². The molecule has 0 bridgehead atoms. The summed E-state index contributed by atoms with van der Waals surface area (Å²) in [6.07, 6.45) is 0.484. The number of anilines is 1. The first-order chi connectivity index (χ1) is 8.30. The molecule has 1 aromatic rings. The van der Waals surface area contributed by atoms with E-state index < -0.39 is 11.9 Å². The average Bonchev–Trinajstić information content (AvgIpc) is 2.52. The normalized spacial score (nSPS) is 20.7. The molecule has 1 unspecified atom stereocenters. The number of β-amino-alcohol motifs (C(OH)–C–C–N with tert-alkyl or cyclic N) is 1. The first-order valence-corrected chi connectivity index (χ1v) is 5.68. The number of alkyl halides is 1. The van der Waals surface area contributed by atoms with Crippen molar-refractivity contribution in [2.45, 2.75) is 25.7 Å². The molecule has 18 heavy (non-hydrogen) atoms. The molecule has 0 spiro atoms. The average molecular weight is 253 g/mol. The summed E-state index contributed by atoms with van der Waals surface area (Å²) in [7, 11) is 1.59. The van der Waals surface area contributed by atoms with Crippen LogP contribution in [0.1, 0.15) is 19.4 Å². The third kappa shape index (κ3) is 2.15. The number of nitrogens with zero attached hydrogens (tertiary/aromatic N) is 3. The Balaban J connectivity index is 2.37. The molecule has 2 heterocycles. The molecule has 0 radical (unpaired) electrons. The molecular weight excluding hydrogens is 237 g/mol. The Morgan fingerprint density at radius 2 is 2.22 bits per heavy atom. The van der Waals surface area contributed by atoms with Crippen molar-refractivity contribution in [3.05, 3.63) is 23.9 Å². The van der Waals surface area contributed by atoms with Gasteiger partial charge in [-0.15, -0.1) is 0 Å². The lowest BCUT2D eigenvalue weighted by molar-refractivity contribution is 0.183. The van der Waals surface area contributed by atoms with Crippen molar-refractivity contribution in [3.63, 3.8) is 0 Å². The fourth-order valence-electron chi connectivity index (χ4n) is 1.89. The van der Waals surface area contributed by atoms with Gasteiger partial charge in [0.15, 0.2) is 6.23 Å². The summed E-state index contributed by atoms with van der Waals surface area (Å²) in [5, 5.41) is 9.81. The smallest absolute Gasteiger partial charge is 0.327 e. The van der Waals surface area contributed by atoms with E-state index in [1.807, 2.05) is 0 Å². The summed E-state index contributed by atoms with van der Waals surface area (Å²) in [4.78, 5) is 18.4. The third-order valence-electron chi connectivity index (χ3n) is 2.95. The van der Waals surface area contributed by atoms with Gasteiger partial charge >= 0.3 is 6.03 Å². The molecule has 1 atom stereocenters. The molecule has 6 heteroatoms. The van der Waals surface area contributed by atoms with E-state index in [1.165, 1.54) is 31.0 Å². The molecule has 1 aliphatic rings. The lowest BCUT2D eigenvalue weighted by Crippen LogP contribution is -2.35. The minimum Gasteiger partial charge on any atom is -0.371 e. The molecule has 0 saturated carbocycles. The lowest BCUT2D eigenvalue weighted by atomic mass is 10.0. The van der Waals surface area contributed by atoms with Gasteiger partial charge < -0.3 is 10.0 Å². The number of aliphatic hydroxyl groups is 1. The Bertz CT molecular complexity index is 473. The highest BCUT2D eigenvalue weighted by Crippen LogP contribution is 2.28. The number of likely N-dealkylation sites (N-methyl/N-ethyl adjacent to an activating group) is 1. The molecule has 1 N–H and O–H groups in total. The monoisotopic (exact) mass is 253 g/mol. The largest absolute Gasteiger partial charge is 0.371 e. The fourth-order valence-corrected chi connectivity index (χ4v) is 1.89. The van der Waals surface area contributed by atoms with Crippen molar-refractivity contribution in [1.29, 1.82) is 0 Å². The molecule has 2 amide bonds. The Labute approximate surface area is 105 Å². The van der Waals surface area contributed by atoms with E-state index in [1.54, 1.807) is 13.1 Å². The second kappa shape index (κ2) is 4.20. The molecule has 1 aliphatic heterocycles. The second-order valence-electron chi connectivity index (χ2n) is 4.89. The highest BCUT2D eigenvalue weighted by Gasteiger charge is 2.36. The minimum atomic E-state index is -1.52. The summed E-state index contributed by atoms with van der Waals surface area (Å²) in [5.41, 5.74) is -1.10. The van der Waals surface area contributed by atoms with Crippen LogP contribution >= 0.6 is 0 Å². The van der Waals surface area contributed by atoms with Crippen molar-refractivity contribution >= 4 is 11.8 Å². The van der Waals surface area contributed by atoms with Crippen LogP contribution in [0.2, 0.25) is 0 Å². The zero-order chi connectivity index (χ0) is 13.5. The highest BCUT2D eigenvalue weighted by atomic mass is 19.1. The molecule has 1 aromatic heterocycles. The van der Waals surface area contributed by atoms with Crippen molar-refractivity contribution in [2.24, 2.45) is 0 Å². The zero-order valence-corrected chi connectivity index (χ0v) is 10.6. The summed E-state index contributed by atoms with van der Waals surface area (Å²) in [6.45, 7) is 3.07. The van der Waals surface area contributed by atoms with E-state index in [-0.39, 0.29) is 18.4 Å². The first-order valence-electron chi connectivity index (χ1n) is 5.68. The van der Waals surface area contributed by atoms with Crippen LogP contribution in [0.5, 0.6) is 0 Å². The number of rotatable bonds is 2. The highest BCUT2D eigenvalue weighted by molar-refractivity contribution is 5.93. The van der Waals surface area contributed by atoms with Gasteiger partial charge in [0.1, 0.15) is 11.5 Å². The predicted molar refractivity (Wildman–Crippen MR) is 64.9 cm³/mol. The van der Waals surface area contributed by atoms with Gasteiger partial charge in [0, 0.05) is 13.2 Å². The van der Waals surface area contributed by atoms with Crippen molar-refractivity contribution < 1.29 is 14.3 Å². The number of hydrogen-bond donors (Lipinski definition) is 1. The van der Waals surface area contributed by atoms with Gasteiger partial charge in [-0.2, -0.15) is 0 Å². The van der Waals surface area contributed by atoms with Crippen LogP contribution in [-0.4, -0.2) is 40.8 Å². The molecule has 2 rings (SSSR count). The van der Waals surface area contributed by atoms with E-state index in [9.17, 15) is 14.3 Å². The standard InChI is InChI=1S/C12H16FN3O2/c1-12(2,13)8-4-5-14-9(6-8)16-10(17)7-15(3)11(16)18/h4-6,10,17H,7H2,1-3H3. The number of carbonyl (C=O) groups is 1. The Morgan fingerprint density at radius 3 is 2.72 bits per heavy atom. The van der Waals surface area contributed by atoms with Gasteiger partial charge in [0.2, 0.25) is 0 Å². The number of halogens is 1. The fraction of sp³-hybridized carbons (Fsp3) is 0.500. The number of amides is 2. The minimum absolute atomic E-state index is 0.212. The Hall–Kier alpha value is -1.69. The van der Waals surface area contributed by atoms with Gasteiger partial charge in [-0.05, 0) is 31.5 Å². The van der Waals surface area contributed by atoms with Gasteiger partial charge in [-0.1, -0.05) is 0 Å². The summed E-state index contributed by atoms with van der Waals surface area (Å²) < 4.78 is 13.9. The molecule has 98 valence electrons. The van der Waals surface area contributed by atoms with Crippen LogP contribution in [-0.2, 0) is 5.67 Å². The van der Waals surface area contributed by atoms with Crippen LogP contribution in [0.3, 0.4) is 0 Å². The quantitative estimate of drug-likeness (QED) is 0.868. The number of urea groups is 1. The number of aromatic nitrogens is 1. The van der Waals surface area contributed by atoms with Crippen molar-refractivity contribution in [3.8, 4) is 0 Å². The van der Waals surface area contributed by atoms with Gasteiger partial charge in [-0.3, -0.25) is 0 Å². The van der Waals surface area contributed by atoms with Crippen LogP contribution in [0.25, 0.3) is 0 Å². The molecule has 0 aliphatic carbocycles. The van der Waals surface area contributed by atoms with E-state index in [4.69, 9.17) is 0 Å². The SMILES string of the molecule is CN1CC(O)N(c2cc(C(C)(C)F)ccn2)C1=O. The van der Waals surface area contributed by atoms with E-state index in [2.05, 4.69) is 4.98 Å². The summed E-state index contributed by atoms with van der Waals surface area (Å²) in [6, 6.07) is 2.70. The number of aliphatic hydroxyl groups excluding tert-OH is 1. The Morgan fingerprint density at radius 1 is 1.56 bits per heavy atom. The van der Waals surface area contributed by atoms with E-state index >= 15 is 0 Å².